The lowest BCUT2D eigenvalue weighted by Gasteiger charge is -2.40. The van der Waals surface area contributed by atoms with Crippen molar-refractivity contribution in [2.75, 3.05) is 49.2 Å². The summed E-state index contributed by atoms with van der Waals surface area (Å²) in [5.41, 5.74) is 0. The van der Waals surface area contributed by atoms with Crippen LogP contribution in [0.1, 0.15) is 12.8 Å². The van der Waals surface area contributed by atoms with Crippen molar-refractivity contribution in [3.05, 3.63) is 0 Å². The fraction of sp³-hybridized carbons (Fsp3) is 1.00. The second-order valence-corrected chi connectivity index (χ2v) is 10.6. The van der Waals surface area contributed by atoms with Crippen LogP contribution in [0.4, 0.5) is 0 Å². The summed E-state index contributed by atoms with van der Waals surface area (Å²) in [5.74, 6) is 1.23. The van der Waals surface area contributed by atoms with Crippen LogP contribution in [0.25, 0.3) is 0 Å². The molecule has 6 nitrogen and oxygen atoms in total. The number of nitrogens with zero attached hydrogens (tertiary/aromatic N) is 2. The van der Waals surface area contributed by atoms with Gasteiger partial charge in [-0.1, -0.05) is 0 Å². The van der Waals surface area contributed by atoms with Gasteiger partial charge in [0.25, 0.3) is 0 Å². The van der Waals surface area contributed by atoms with E-state index in [9.17, 15) is 16.8 Å². The highest BCUT2D eigenvalue weighted by Gasteiger charge is 2.37. The lowest BCUT2D eigenvalue weighted by atomic mass is 10.1. The van der Waals surface area contributed by atoms with Crippen LogP contribution in [-0.2, 0) is 19.7 Å². The predicted octanol–water partition coefficient (Wildman–Crippen LogP) is -1.02. The largest absolute Gasteiger partial charge is 0.297 e. The highest BCUT2D eigenvalue weighted by Crippen LogP contribution is 2.22. The monoisotopic (exact) mass is 322 g/mol. The number of sulfone groups is 2. The van der Waals surface area contributed by atoms with E-state index in [0.717, 1.165) is 39.0 Å². The maximum atomic E-state index is 11.5. The van der Waals surface area contributed by atoms with Crippen molar-refractivity contribution in [1.29, 1.82) is 0 Å². The highest BCUT2D eigenvalue weighted by atomic mass is 32.2. The fourth-order valence-electron chi connectivity index (χ4n) is 3.59. The molecule has 0 bridgehead atoms. The summed E-state index contributed by atoms with van der Waals surface area (Å²) in [6, 6.07) is 0.351. The van der Waals surface area contributed by atoms with E-state index in [1.807, 2.05) is 0 Å². The molecule has 0 aromatic carbocycles. The van der Waals surface area contributed by atoms with E-state index in [4.69, 9.17) is 0 Å². The van der Waals surface area contributed by atoms with Gasteiger partial charge in [0.1, 0.15) is 0 Å². The molecule has 0 spiro atoms. The molecule has 3 heterocycles. The van der Waals surface area contributed by atoms with E-state index in [1.165, 1.54) is 0 Å². The lowest BCUT2D eigenvalue weighted by Crippen LogP contribution is -2.53. The lowest BCUT2D eigenvalue weighted by molar-refractivity contribution is 0.0823. The van der Waals surface area contributed by atoms with E-state index < -0.39 is 19.7 Å². The van der Waals surface area contributed by atoms with Crippen molar-refractivity contribution in [2.45, 2.75) is 24.9 Å². The quantitative estimate of drug-likeness (QED) is 0.648. The van der Waals surface area contributed by atoms with Crippen molar-refractivity contribution in [2.24, 2.45) is 0 Å². The van der Waals surface area contributed by atoms with Crippen LogP contribution < -0.4 is 0 Å². The summed E-state index contributed by atoms with van der Waals surface area (Å²) in [6.45, 7) is 3.43. The molecular weight excluding hydrogens is 300 g/mol. The molecule has 0 aliphatic carbocycles. The molecule has 20 heavy (non-hydrogen) atoms. The van der Waals surface area contributed by atoms with Crippen LogP contribution in [0.5, 0.6) is 0 Å². The third-order valence-electron chi connectivity index (χ3n) is 4.80. The van der Waals surface area contributed by atoms with Gasteiger partial charge in [-0.2, -0.15) is 0 Å². The summed E-state index contributed by atoms with van der Waals surface area (Å²) in [7, 11) is -5.65. The Kier molecular flexibility index (Phi) is 3.85. The molecule has 0 saturated carbocycles. The maximum absolute atomic E-state index is 11.5. The summed E-state index contributed by atoms with van der Waals surface area (Å²) < 4.78 is 46.1. The van der Waals surface area contributed by atoms with Crippen molar-refractivity contribution < 1.29 is 16.8 Å². The first-order valence-electron chi connectivity index (χ1n) is 7.24. The Morgan fingerprint density at radius 1 is 0.650 bits per heavy atom. The summed E-state index contributed by atoms with van der Waals surface area (Å²) >= 11 is 0. The molecule has 0 amide bonds. The van der Waals surface area contributed by atoms with Gasteiger partial charge in [-0.25, -0.2) is 16.8 Å². The van der Waals surface area contributed by atoms with Crippen LogP contribution in [0, 0.1) is 0 Å². The van der Waals surface area contributed by atoms with E-state index in [-0.39, 0.29) is 12.1 Å². The van der Waals surface area contributed by atoms with Crippen LogP contribution >= 0.6 is 0 Å². The average molecular weight is 322 g/mol. The Labute approximate surface area is 121 Å². The second-order valence-electron chi connectivity index (χ2n) is 6.19. The molecule has 0 radical (unpaired) electrons. The zero-order chi connectivity index (χ0) is 14.4. The molecule has 3 aliphatic rings. The minimum Gasteiger partial charge on any atom is -0.297 e. The van der Waals surface area contributed by atoms with E-state index in [1.54, 1.807) is 0 Å². The van der Waals surface area contributed by atoms with Crippen molar-refractivity contribution in [3.63, 3.8) is 0 Å². The summed E-state index contributed by atoms with van der Waals surface area (Å²) in [6.07, 6.45) is 1.50. The third-order valence-corrected chi connectivity index (χ3v) is 8.30. The molecule has 116 valence electrons. The van der Waals surface area contributed by atoms with Gasteiger partial charge in [0, 0.05) is 38.3 Å². The van der Waals surface area contributed by atoms with E-state index in [0.29, 0.717) is 23.0 Å². The summed E-state index contributed by atoms with van der Waals surface area (Å²) in [4.78, 5) is 4.54. The SMILES string of the molecule is O=S1(=O)CC[C@H](N2CCN([C@H]3CCS(=O)(=O)C3)CC2)C1. The molecule has 0 N–H and O–H groups in total. The molecule has 8 heteroatoms. The first kappa shape index (κ1) is 14.7. The Bertz CT molecular complexity index is 512. The predicted molar refractivity (Wildman–Crippen MR) is 77.3 cm³/mol. The molecule has 3 saturated heterocycles. The van der Waals surface area contributed by atoms with Crippen molar-refractivity contribution in [3.8, 4) is 0 Å². The average Bonchev–Trinajstić information content (AvgIpc) is 2.92. The Balaban J connectivity index is 1.53. The topological polar surface area (TPSA) is 74.8 Å². The van der Waals surface area contributed by atoms with Gasteiger partial charge >= 0.3 is 0 Å². The third kappa shape index (κ3) is 3.18. The van der Waals surface area contributed by atoms with Gasteiger partial charge in [0.15, 0.2) is 19.7 Å². The molecule has 3 rings (SSSR count). The minimum atomic E-state index is -2.82. The normalized spacial score (nSPS) is 38.2. The maximum Gasteiger partial charge on any atom is 0.151 e. The second kappa shape index (κ2) is 5.23. The van der Waals surface area contributed by atoms with Gasteiger partial charge in [-0.05, 0) is 12.8 Å². The smallest absolute Gasteiger partial charge is 0.151 e. The Hall–Kier alpha value is -0.180. The van der Waals surface area contributed by atoms with Crippen LogP contribution in [0.15, 0.2) is 0 Å². The molecule has 0 aromatic rings. The van der Waals surface area contributed by atoms with Crippen LogP contribution in [0.2, 0.25) is 0 Å². The minimum absolute atomic E-state index is 0.175. The number of hydrogen-bond donors (Lipinski definition) is 0. The standard InChI is InChI=1S/C12H22N2O4S2/c15-19(16)7-1-11(9-19)13-3-5-14(6-4-13)12-2-8-20(17,18)10-12/h11-12H,1-10H2/t11-,12-/m0/s1. The zero-order valence-electron chi connectivity index (χ0n) is 11.6. The summed E-state index contributed by atoms with van der Waals surface area (Å²) in [5, 5.41) is 0. The Morgan fingerprint density at radius 3 is 1.25 bits per heavy atom. The van der Waals surface area contributed by atoms with E-state index in [2.05, 4.69) is 9.80 Å². The van der Waals surface area contributed by atoms with Gasteiger partial charge in [-0.15, -0.1) is 0 Å². The van der Waals surface area contributed by atoms with Gasteiger partial charge in [0.2, 0.25) is 0 Å². The number of piperazine rings is 1. The first-order chi connectivity index (χ1) is 9.35. The van der Waals surface area contributed by atoms with Crippen LogP contribution in [0.3, 0.4) is 0 Å². The van der Waals surface area contributed by atoms with Gasteiger partial charge < -0.3 is 0 Å². The van der Waals surface area contributed by atoms with E-state index >= 15 is 0 Å². The molecule has 0 aromatic heterocycles. The first-order valence-corrected chi connectivity index (χ1v) is 10.9. The fourth-order valence-corrected chi connectivity index (χ4v) is 7.12. The molecule has 0 unspecified atom stereocenters. The van der Waals surface area contributed by atoms with Gasteiger partial charge in [-0.3, -0.25) is 9.80 Å². The van der Waals surface area contributed by atoms with Crippen molar-refractivity contribution >= 4 is 19.7 Å². The molecular formula is C12H22N2O4S2. The molecule has 3 fully saturated rings. The van der Waals surface area contributed by atoms with Crippen molar-refractivity contribution in [1.82, 2.24) is 9.80 Å². The molecule has 3 aliphatic heterocycles. The Morgan fingerprint density at radius 2 is 1.00 bits per heavy atom. The van der Waals surface area contributed by atoms with Crippen LogP contribution in [-0.4, -0.2) is 87.9 Å². The van der Waals surface area contributed by atoms with Gasteiger partial charge in [0.05, 0.1) is 23.0 Å². The zero-order valence-corrected chi connectivity index (χ0v) is 13.2. The molecule has 2 atom stereocenters. The highest BCUT2D eigenvalue weighted by molar-refractivity contribution is 7.91. The number of hydrogen-bond acceptors (Lipinski definition) is 6. The number of rotatable bonds is 2.